The van der Waals surface area contributed by atoms with E-state index in [-0.39, 0.29) is 22.0 Å². The number of aromatic nitrogens is 3. The summed E-state index contributed by atoms with van der Waals surface area (Å²) in [6, 6.07) is 12.7. The summed E-state index contributed by atoms with van der Waals surface area (Å²) in [4.78, 5) is 16.6. The fourth-order valence-electron chi connectivity index (χ4n) is 2.12. The van der Waals surface area contributed by atoms with Crippen LogP contribution in [0, 0.1) is 6.92 Å². The number of benzene rings is 1. The Labute approximate surface area is 144 Å². The second kappa shape index (κ2) is 6.60. The van der Waals surface area contributed by atoms with Gasteiger partial charge in [-0.1, -0.05) is 41.7 Å². The number of aryl methyl sites for hydroxylation is 1. The van der Waals surface area contributed by atoms with E-state index >= 15 is 0 Å². The molecule has 2 heterocycles. The van der Waals surface area contributed by atoms with Crippen LogP contribution in [0.5, 0.6) is 0 Å². The van der Waals surface area contributed by atoms with E-state index in [9.17, 15) is 18.0 Å². The molecule has 3 rings (SSSR count). The number of pyridine rings is 1. The first-order valence-electron chi connectivity index (χ1n) is 7.10. The van der Waals surface area contributed by atoms with E-state index in [0.29, 0.717) is 11.4 Å². The van der Waals surface area contributed by atoms with Crippen LogP contribution in [-0.2, 0) is 6.18 Å². The molecule has 9 heteroatoms. The van der Waals surface area contributed by atoms with Gasteiger partial charge in [0.25, 0.3) is 5.91 Å². The average molecular weight is 364 g/mol. The van der Waals surface area contributed by atoms with Crippen molar-refractivity contribution in [3.8, 4) is 11.3 Å². The molecule has 0 bridgehead atoms. The zero-order valence-corrected chi connectivity index (χ0v) is 13.6. The van der Waals surface area contributed by atoms with Crippen LogP contribution in [0.3, 0.4) is 0 Å². The highest BCUT2D eigenvalue weighted by Gasteiger charge is 2.35. The number of hydrogen-bond acceptors (Lipinski definition) is 5. The number of amides is 1. The fraction of sp³-hybridized carbons (Fsp3) is 0.125. The van der Waals surface area contributed by atoms with Crippen LogP contribution in [0.2, 0.25) is 0 Å². The molecule has 0 radical (unpaired) electrons. The molecule has 0 atom stereocenters. The van der Waals surface area contributed by atoms with Crippen LogP contribution in [0.15, 0.2) is 42.5 Å². The lowest BCUT2D eigenvalue weighted by Crippen LogP contribution is -2.14. The molecular weight excluding hydrogens is 353 g/mol. The van der Waals surface area contributed by atoms with Gasteiger partial charge in [-0.3, -0.25) is 15.1 Å². The maximum absolute atomic E-state index is 12.5. The molecule has 0 aliphatic rings. The molecule has 1 aromatic carbocycles. The number of carbonyl (C=O) groups excluding carboxylic acids is 1. The molecular formula is C16H11F3N4OS. The average Bonchev–Trinajstić information content (AvgIpc) is 3.04. The van der Waals surface area contributed by atoms with Gasteiger partial charge in [0.1, 0.15) is 0 Å². The Bertz CT molecular complexity index is 909. The smallest absolute Gasteiger partial charge is 0.296 e. The predicted octanol–water partition coefficient (Wildman–Crippen LogP) is 4.18. The van der Waals surface area contributed by atoms with Crippen molar-refractivity contribution >= 4 is 22.4 Å². The molecule has 0 saturated heterocycles. The third kappa shape index (κ3) is 3.82. The maximum atomic E-state index is 12.5. The number of rotatable bonds is 3. The largest absolute Gasteiger partial charge is 0.445 e. The van der Waals surface area contributed by atoms with E-state index in [2.05, 4.69) is 20.5 Å². The Morgan fingerprint density at radius 3 is 2.40 bits per heavy atom. The highest BCUT2D eigenvalue weighted by Crippen LogP contribution is 2.33. The highest BCUT2D eigenvalue weighted by molar-refractivity contribution is 7.15. The number of halogens is 3. The maximum Gasteiger partial charge on any atom is 0.445 e. The van der Waals surface area contributed by atoms with Gasteiger partial charge in [0.15, 0.2) is 0 Å². The van der Waals surface area contributed by atoms with E-state index in [1.165, 1.54) is 0 Å². The van der Waals surface area contributed by atoms with Crippen molar-refractivity contribution in [2.75, 3.05) is 5.32 Å². The quantitative estimate of drug-likeness (QED) is 0.757. The fourth-order valence-corrected chi connectivity index (χ4v) is 2.73. The highest BCUT2D eigenvalue weighted by atomic mass is 32.1. The second-order valence-electron chi connectivity index (χ2n) is 5.06. The normalized spacial score (nSPS) is 11.4. The second-order valence-corrected chi connectivity index (χ2v) is 6.04. The Hall–Kier alpha value is -2.81. The number of anilines is 1. The molecule has 2 aromatic heterocycles. The van der Waals surface area contributed by atoms with Gasteiger partial charge in [0.05, 0.1) is 17.0 Å². The number of alkyl halides is 3. The van der Waals surface area contributed by atoms with Crippen molar-refractivity contribution in [1.82, 2.24) is 15.2 Å². The van der Waals surface area contributed by atoms with Crippen molar-refractivity contribution in [3.05, 3.63) is 58.7 Å². The number of carbonyl (C=O) groups is 1. The number of nitrogens with zero attached hydrogens (tertiary/aromatic N) is 3. The van der Waals surface area contributed by atoms with E-state index in [0.717, 1.165) is 5.56 Å². The van der Waals surface area contributed by atoms with Crippen LogP contribution in [0.25, 0.3) is 11.3 Å². The Balaban J connectivity index is 1.80. The van der Waals surface area contributed by atoms with Crippen LogP contribution in [-0.4, -0.2) is 21.1 Å². The lowest BCUT2D eigenvalue weighted by molar-refractivity contribution is -0.138. The summed E-state index contributed by atoms with van der Waals surface area (Å²) < 4.78 is 37.5. The summed E-state index contributed by atoms with van der Waals surface area (Å²) in [5.41, 5.74) is 2.31. The molecule has 0 saturated carbocycles. The van der Waals surface area contributed by atoms with Crippen LogP contribution in [0.1, 0.15) is 21.1 Å². The topological polar surface area (TPSA) is 67.8 Å². The molecule has 0 fully saturated rings. The zero-order chi connectivity index (χ0) is 18.0. The SMILES string of the molecule is Cc1nc(-c2ccccc2)ccc1C(=O)Nc1nnc(C(F)(F)F)s1. The molecule has 3 aromatic rings. The van der Waals surface area contributed by atoms with Crippen LogP contribution in [0.4, 0.5) is 18.3 Å². The minimum absolute atomic E-state index is 0.219. The lowest BCUT2D eigenvalue weighted by atomic mass is 10.1. The molecule has 0 spiro atoms. The van der Waals surface area contributed by atoms with Gasteiger partial charge in [-0.2, -0.15) is 13.2 Å². The summed E-state index contributed by atoms with van der Waals surface area (Å²) in [5, 5.41) is 7.35. The van der Waals surface area contributed by atoms with Crippen LogP contribution >= 0.6 is 11.3 Å². The summed E-state index contributed by atoms with van der Waals surface area (Å²) >= 11 is 0.269. The summed E-state index contributed by atoms with van der Waals surface area (Å²) in [6.07, 6.45) is -4.59. The van der Waals surface area contributed by atoms with Gasteiger partial charge in [0.2, 0.25) is 10.1 Å². The van der Waals surface area contributed by atoms with Crippen molar-refractivity contribution in [2.24, 2.45) is 0 Å². The van der Waals surface area contributed by atoms with Crippen molar-refractivity contribution < 1.29 is 18.0 Å². The summed E-state index contributed by atoms with van der Waals surface area (Å²) in [6.45, 7) is 1.66. The first-order valence-corrected chi connectivity index (χ1v) is 7.91. The van der Waals surface area contributed by atoms with Gasteiger partial charge < -0.3 is 0 Å². The van der Waals surface area contributed by atoms with Crippen molar-refractivity contribution in [3.63, 3.8) is 0 Å². The van der Waals surface area contributed by atoms with Crippen molar-refractivity contribution in [1.29, 1.82) is 0 Å². The number of hydrogen-bond donors (Lipinski definition) is 1. The molecule has 0 unspecified atom stereocenters. The van der Waals surface area contributed by atoms with E-state index in [1.807, 2.05) is 30.3 Å². The predicted molar refractivity (Wildman–Crippen MR) is 87.3 cm³/mol. The zero-order valence-electron chi connectivity index (χ0n) is 12.8. The molecule has 1 N–H and O–H groups in total. The summed E-state index contributed by atoms with van der Waals surface area (Å²) in [5.74, 6) is -0.588. The van der Waals surface area contributed by atoms with Gasteiger partial charge in [-0.05, 0) is 19.1 Å². The molecule has 0 aliphatic carbocycles. The molecule has 0 aliphatic heterocycles. The Morgan fingerprint density at radius 2 is 1.80 bits per heavy atom. The summed E-state index contributed by atoms with van der Waals surface area (Å²) in [7, 11) is 0. The third-order valence-corrected chi connectivity index (χ3v) is 4.17. The van der Waals surface area contributed by atoms with Gasteiger partial charge in [-0.25, -0.2) is 0 Å². The first-order chi connectivity index (χ1) is 11.8. The van der Waals surface area contributed by atoms with E-state index < -0.39 is 17.1 Å². The molecule has 128 valence electrons. The molecule has 5 nitrogen and oxygen atoms in total. The third-order valence-electron chi connectivity index (χ3n) is 3.29. The monoisotopic (exact) mass is 364 g/mol. The number of nitrogens with one attached hydrogen (secondary N) is 1. The van der Waals surface area contributed by atoms with E-state index in [4.69, 9.17) is 0 Å². The van der Waals surface area contributed by atoms with Crippen LogP contribution < -0.4 is 5.32 Å². The minimum atomic E-state index is -4.59. The lowest BCUT2D eigenvalue weighted by Gasteiger charge is -2.07. The molecule has 25 heavy (non-hydrogen) atoms. The van der Waals surface area contributed by atoms with Gasteiger partial charge in [0, 0.05) is 5.56 Å². The first kappa shape index (κ1) is 17.0. The minimum Gasteiger partial charge on any atom is -0.296 e. The Kier molecular flexibility index (Phi) is 4.49. The van der Waals surface area contributed by atoms with Gasteiger partial charge in [-0.15, -0.1) is 10.2 Å². The Morgan fingerprint density at radius 1 is 1.08 bits per heavy atom. The molecule has 1 amide bonds. The van der Waals surface area contributed by atoms with E-state index in [1.54, 1.807) is 19.1 Å². The standard InChI is InChI=1S/C16H11F3N4OS/c1-9-11(7-8-12(20-9)10-5-3-2-4-6-10)13(24)21-15-23-22-14(25-15)16(17,18)19/h2-8H,1H3,(H,21,23,24). The van der Waals surface area contributed by atoms with Gasteiger partial charge >= 0.3 is 6.18 Å². The van der Waals surface area contributed by atoms with Crippen molar-refractivity contribution in [2.45, 2.75) is 13.1 Å².